The van der Waals surface area contributed by atoms with Gasteiger partial charge in [0.1, 0.15) is 5.65 Å². The summed E-state index contributed by atoms with van der Waals surface area (Å²) >= 11 is 0. The summed E-state index contributed by atoms with van der Waals surface area (Å²) in [6, 6.07) is 10.3. The molecule has 2 aromatic heterocycles. The number of anilines is 1. The summed E-state index contributed by atoms with van der Waals surface area (Å²) in [5, 5.41) is 11.1. The second-order valence-corrected chi connectivity index (χ2v) is 7.14. The number of non-ortho nitro benzene ring substituents is 1. The van der Waals surface area contributed by atoms with Gasteiger partial charge in [0.05, 0.1) is 28.5 Å². The van der Waals surface area contributed by atoms with Crippen molar-refractivity contribution < 1.29 is 14.5 Å². The van der Waals surface area contributed by atoms with Crippen LogP contribution in [0.5, 0.6) is 0 Å². The first-order valence-electron chi connectivity index (χ1n) is 9.90. The highest BCUT2D eigenvalue weighted by atomic mass is 16.6. The highest BCUT2D eigenvalue weighted by Gasteiger charge is 2.25. The molecule has 0 spiro atoms. The Morgan fingerprint density at radius 2 is 2.00 bits per heavy atom. The average molecular weight is 409 g/mol. The van der Waals surface area contributed by atoms with Crippen LogP contribution in [0.25, 0.3) is 5.65 Å². The molecular weight excluding hydrogens is 386 g/mol. The van der Waals surface area contributed by atoms with E-state index >= 15 is 0 Å². The highest BCUT2D eigenvalue weighted by Crippen LogP contribution is 2.27. The molecule has 0 bridgehead atoms. The molecular formula is C21H23N5O4. The molecule has 9 nitrogen and oxygen atoms in total. The van der Waals surface area contributed by atoms with E-state index in [-0.39, 0.29) is 17.9 Å². The summed E-state index contributed by atoms with van der Waals surface area (Å²) < 4.78 is 7.12. The Hall–Kier alpha value is -3.46. The van der Waals surface area contributed by atoms with Gasteiger partial charge in [-0.3, -0.25) is 15.0 Å². The standard InChI is InChI=1S/C21H23N5O4/c1-2-30-21(27)18-13-17(26(28)29)6-7-19(18)24-11-9-23(10-12-24)14-16-15-25-8-4-3-5-20(25)22-16/h3-8,13,15H,2,9-12,14H2,1H3. The zero-order valence-electron chi connectivity index (χ0n) is 16.7. The lowest BCUT2D eigenvalue weighted by molar-refractivity contribution is -0.384. The van der Waals surface area contributed by atoms with Gasteiger partial charge >= 0.3 is 5.97 Å². The molecule has 0 aliphatic carbocycles. The van der Waals surface area contributed by atoms with E-state index in [0.717, 1.165) is 31.0 Å². The molecule has 0 atom stereocenters. The fraction of sp³-hybridized carbons (Fsp3) is 0.333. The van der Waals surface area contributed by atoms with Crippen molar-refractivity contribution in [1.29, 1.82) is 0 Å². The van der Waals surface area contributed by atoms with Gasteiger partial charge in [0.25, 0.3) is 5.69 Å². The Bertz CT molecular complexity index is 1040. The summed E-state index contributed by atoms with van der Waals surface area (Å²) in [4.78, 5) is 32.1. The number of imidazole rings is 1. The summed E-state index contributed by atoms with van der Waals surface area (Å²) in [5.41, 5.74) is 2.73. The van der Waals surface area contributed by atoms with Crippen LogP contribution in [0.1, 0.15) is 23.0 Å². The monoisotopic (exact) mass is 409 g/mol. The third-order valence-electron chi connectivity index (χ3n) is 5.20. The van der Waals surface area contributed by atoms with Crippen molar-refractivity contribution >= 4 is 23.0 Å². The van der Waals surface area contributed by atoms with Crippen LogP contribution in [0, 0.1) is 10.1 Å². The first-order chi connectivity index (χ1) is 14.5. The van der Waals surface area contributed by atoms with Crippen molar-refractivity contribution in [2.45, 2.75) is 13.5 Å². The van der Waals surface area contributed by atoms with Crippen molar-refractivity contribution in [3.8, 4) is 0 Å². The van der Waals surface area contributed by atoms with Crippen LogP contribution in [0.4, 0.5) is 11.4 Å². The predicted molar refractivity (Wildman–Crippen MR) is 112 cm³/mol. The predicted octanol–water partition coefficient (Wildman–Crippen LogP) is 2.74. The number of nitro groups is 1. The summed E-state index contributed by atoms with van der Waals surface area (Å²) in [5.74, 6) is -0.539. The number of piperazine rings is 1. The van der Waals surface area contributed by atoms with E-state index in [0.29, 0.717) is 18.8 Å². The Labute approximate surface area is 173 Å². The number of fused-ring (bicyclic) bond motifs is 1. The summed E-state index contributed by atoms with van der Waals surface area (Å²) in [6.45, 7) is 5.69. The zero-order valence-corrected chi connectivity index (χ0v) is 16.7. The van der Waals surface area contributed by atoms with E-state index in [1.165, 1.54) is 12.1 Å². The number of carbonyl (C=O) groups excluding carboxylic acids is 1. The van der Waals surface area contributed by atoms with Gasteiger partial charge in [-0.2, -0.15) is 0 Å². The van der Waals surface area contributed by atoms with Crippen LogP contribution in [-0.4, -0.2) is 58.0 Å². The Morgan fingerprint density at radius 3 is 2.70 bits per heavy atom. The molecule has 4 rings (SSSR count). The van der Waals surface area contributed by atoms with Crippen LogP contribution in [0.2, 0.25) is 0 Å². The number of nitrogens with zero attached hydrogens (tertiary/aromatic N) is 5. The number of nitro benzene ring substituents is 1. The molecule has 0 N–H and O–H groups in total. The van der Waals surface area contributed by atoms with Crippen molar-refractivity contribution in [2.75, 3.05) is 37.7 Å². The fourth-order valence-electron chi connectivity index (χ4n) is 3.73. The Kier molecular flexibility index (Phi) is 5.62. The Morgan fingerprint density at radius 1 is 1.20 bits per heavy atom. The maximum atomic E-state index is 12.4. The number of hydrogen-bond donors (Lipinski definition) is 0. The minimum absolute atomic E-state index is 0.118. The van der Waals surface area contributed by atoms with Crippen LogP contribution in [0.15, 0.2) is 48.8 Å². The molecule has 3 heterocycles. The maximum Gasteiger partial charge on any atom is 0.340 e. The average Bonchev–Trinajstić information content (AvgIpc) is 3.16. The number of hydrogen-bond acceptors (Lipinski definition) is 7. The van der Waals surface area contributed by atoms with E-state index in [4.69, 9.17) is 4.74 Å². The largest absolute Gasteiger partial charge is 0.462 e. The molecule has 1 aliphatic rings. The first kappa shape index (κ1) is 19.8. The molecule has 1 aromatic carbocycles. The topological polar surface area (TPSA) is 93.2 Å². The zero-order chi connectivity index (χ0) is 21.1. The van der Waals surface area contributed by atoms with E-state index in [1.54, 1.807) is 13.0 Å². The molecule has 0 unspecified atom stereocenters. The molecule has 1 aliphatic heterocycles. The van der Waals surface area contributed by atoms with Crippen molar-refractivity contribution in [2.24, 2.45) is 0 Å². The van der Waals surface area contributed by atoms with Crippen LogP contribution in [-0.2, 0) is 11.3 Å². The fourth-order valence-corrected chi connectivity index (χ4v) is 3.73. The highest BCUT2D eigenvalue weighted by molar-refractivity contribution is 5.96. The second kappa shape index (κ2) is 8.50. The lowest BCUT2D eigenvalue weighted by Gasteiger charge is -2.36. The van der Waals surface area contributed by atoms with Gasteiger partial charge < -0.3 is 14.0 Å². The SMILES string of the molecule is CCOC(=O)c1cc([N+](=O)[O-])ccc1N1CCN(Cc2cn3ccccc3n2)CC1. The van der Waals surface area contributed by atoms with E-state index in [9.17, 15) is 14.9 Å². The van der Waals surface area contributed by atoms with Gasteiger partial charge in [-0.15, -0.1) is 0 Å². The van der Waals surface area contributed by atoms with Gasteiger partial charge in [-0.1, -0.05) is 6.07 Å². The van der Waals surface area contributed by atoms with Gasteiger partial charge in [0.15, 0.2) is 0 Å². The lowest BCUT2D eigenvalue weighted by Crippen LogP contribution is -2.46. The van der Waals surface area contributed by atoms with Crippen molar-refractivity contribution in [3.63, 3.8) is 0 Å². The number of esters is 1. The number of aromatic nitrogens is 2. The van der Waals surface area contributed by atoms with E-state index in [1.807, 2.05) is 35.0 Å². The number of ether oxygens (including phenoxy) is 1. The molecule has 3 aromatic rings. The molecule has 0 amide bonds. The van der Waals surface area contributed by atoms with Gasteiger partial charge in [0.2, 0.25) is 0 Å². The van der Waals surface area contributed by atoms with E-state index in [2.05, 4.69) is 14.8 Å². The third-order valence-corrected chi connectivity index (χ3v) is 5.20. The lowest BCUT2D eigenvalue weighted by atomic mass is 10.1. The molecule has 0 saturated carbocycles. The van der Waals surface area contributed by atoms with Gasteiger partial charge in [-0.25, -0.2) is 9.78 Å². The molecule has 1 fully saturated rings. The van der Waals surface area contributed by atoms with Gasteiger partial charge in [-0.05, 0) is 25.1 Å². The molecule has 30 heavy (non-hydrogen) atoms. The minimum atomic E-state index is -0.539. The number of benzene rings is 1. The first-order valence-corrected chi connectivity index (χ1v) is 9.90. The normalized spacial score (nSPS) is 14.8. The van der Waals surface area contributed by atoms with Crippen LogP contribution < -0.4 is 4.90 Å². The Balaban J connectivity index is 1.46. The molecule has 156 valence electrons. The molecule has 1 saturated heterocycles. The minimum Gasteiger partial charge on any atom is -0.462 e. The van der Waals surface area contributed by atoms with Gasteiger partial charge in [0, 0.05) is 57.3 Å². The number of pyridine rings is 1. The summed E-state index contributed by atoms with van der Waals surface area (Å²) in [7, 11) is 0. The number of carbonyl (C=O) groups is 1. The smallest absolute Gasteiger partial charge is 0.340 e. The maximum absolute atomic E-state index is 12.4. The third kappa shape index (κ3) is 4.11. The number of rotatable bonds is 6. The van der Waals surface area contributed by atoms with E-state index < -0.39 is 10.9 Å². The van der Waals surface area contributed by atoms with Crippen molar-refractivity contribution in [3.05, 3.63) is 70.2 Å². The second-order valence-electron chi connectivity index (χ2n) is 7.14. The van der Waals surface area contributed by atoms with Crippen molar-refractivity contribution in [1.82, 2.24) is 14.3 Å². The van der Waals surface area contributed by atoms with Crippen LogP contribution >= 0.6 is 0 Å². The molecule has 9 heteroatoms. The summed E-state index contributed by atoms with van der Waals surface area (Å²) in [6.07, 6.45) is 4.02. The quantitative estimate of drug-likeness (QED) is 0.351. The molecule has 0 radical (unpaired) electrons. The van der Waals surface area contributed by atoms with Crippen LogP contribution in [0.3, 0.4) is 0 Å².